The quantitative estimate of drug-likeness (QED) is 0.0253. The Bertz CT molecular complexity index is 3000. The number of aryl methyl sites for hydroxylation is 3. The Hall–Kier alpha value is -7.31. The van der Waals surface area contributed by atoms with Gasteiger partial charge in [-0.05, 0) is 62.6 Å². The zero-order valence-electron chi connectivity index (χ0n) is 36.2. The van der Waals surface area contributed by atoms with Crippen molar-refractivity contribution in [3.63, 3.8) is 0 Å². The predicted octanol–water partition coefficient (Wildman–Crippen LogP) is 9.95. The van der Waals surface area contributed by atoms with E-state index in [4.69, 9.17) is 16.3 Å². The van der Waals surface area contributed by atoms with Crippen LogP contribution >= 0.6 is 0 Å². The van der Waals surface area contributed by atoms with Gasteiger partial charge < -0.3 is 16.3 Å². The van der Waals surface area contributed by atoms with Crippen molar-refractivity contribution in [1.29, 1.82) is 0 Å². The Morgan fingerprint density at radius 3 is 1.36 bits per heavy atom. The fraction of sp³-hybridized carbons (Fsp3) is 0.375. The second-order valence-corrected chi connectivity index (χ2v) is 14.9. The van der Waals surface area contributed by atoms with Gasteiger partial charge in [-0.15, -0.1) is 5.10 Å². The number of pyridine rings is 3. The fourth-order valence-corrected chi connectivity index (χ4v) is 6.33. The first-order valence-corrected chi connectivity index (χ1v) is 20.2. The Morgan fingerprint density at radius 2 is 0.972 bits per heavy atom. The number of carbonyl (C=O) groups excluding carboxylic acids is 1. The number of nitrogens with zero attached hydrogens (tertiary/aromatic N) is 9. The third kappa shape index (κ3) is 12.4. The number of H-pyrrole nitrogens is 1. The molecule has 7 rings (SSSR count). The smallest absolute Gasteiger partial charge is 0.453 e. The van der Waals surface area contributed by atoms with E-state index < -0.39 is 98.6 Å². The monoisotopic (exact) mass is 1060 g/mol. The van der Waals surface area contributed by atoms with E-state index in [0.717, 1.165) is 0 Å². The number of ether oxygens (including phenoxy) is 1. The Kier molecular flexibility index (Phi) is 16.1. The van der Waals surface area contributed by atoms with Crippen LogP contribution in [0.2, 0.25) is 0 Å². The topological polar surface area (TPSA) is 184 Å². The number of hydrazone groups is 1. The molecule has 0 radical (unpaired) electrons. The summed E-state index contributed by atoms with van der Waals surface area (Å²) in [7, 11) is 0. The van der Waals surface area contributed by atoms with Crippen molar-refractivity contribution in [2.24, 2.45) is 16.7 Å². The number of nitrogens with two attached hydrogens (primary N) is 2. The number of aromatic nitrogens is 9. The third-order valence-corrected chi connectivity index (χ3v) is 9.93. The number of hydrogen-bond acceptors (Lipinski definition) is 9. The highest BCUT2D eigenvalue weighted by Crippen LogP contribution is 2.41. The van der Waals surface area contributed by atoms with Crippen LogP contribution in [0.5, 0.6) is 0 Å². The van der Waals surface area contributed by atoms with Crippen LogP contribution in [0.25, 0.3) is 28.2 Å². The minimum Gasteiger partial charge on any atom is -0.460 e. The predicted molar refractivity (Wildman–Crippen MR) is 215 cm³/mol. The number of alkyl halides is 18. The molecule has 72 heavy (non-hydrogen) atoms. The van der Waals surface area contributed by atoms with Crippen LogP contribution in [0.1, 0.15) is 65.5 Å². The summed E-state index contributed by atoms with van der Waals surface area (Å²) in [5, 5.41) is 8.34. The first-order valence-electron chi connectivity index (χ1n) is 20.2. The van der Waals surface area contributed by atoms with Crippen molar-refractivity contribution < 1.29 is 88.6 Å². The van der Waals surface area contributed by atoms with Crippen molar-refractivity contribution in [3.8, 4) is 11.6 Å². The molecular formula is C40H34F18N12O2. The third-order valence-electron chi connectivity index (χ3n) is 9.93. The number of fused-ring (bicyclic) bond motifs is 3. The minimum atomic E-state index is -5.71. The number of amidine groups is 1. The van der Waals surface area contributed by atoms with Gasteiger partial charge in [0.05, 0.1) is 40.2 Å². The highest BCUT2D eigenvalue weighted by atomic mass is 19.4. The molecule has 7 heterocycles. The van der Waals surface area contributed by atoms with Gasteiger partial charge in [0, 0.05) is 37.9 Å². The van der Waals surface area contributed by atoms with Crippen LogP contribution in [-0.2, 0) is 30.2 Å². The molecule has 7 aromatic rings. The maximum absolute atomic E-state index is 13.2. The summed E-state index contributed by atoms with van der Waals surface area (Å²) in [6.45, 7) is 1.67. The summed E-state index contributed by atoms with van der Waals surface area (Å²) in [5.41, 5.74) is 6.24. The molecule has 0 saturated heterocycles. The van der Waals surface area contributed by atoms with Crippen LogP contribution in [-0.4, -0.2) is 98.0 Å². The molecule has 392 valence electrons. The van der Waals surface area contributed by atoms with Crippen molar-refractivity contribution >= 4 is 28.4 Å². The average Bonchev–Trinajstić information content (AvgIpc) is 4.10. The molecule has 7 aromatic heterocycles. The average molecular weight is 1060 g/mol. The van der Waals surface area contributed by atoms with Crippen LogP contribution < -0.4 is 11.6 Å². The van der Waals surface area contributed by atoms with Crippen LogP contribution in [0.15, 0.2) is 78.3 Å². The lowest BCUT2D eigenvalue weighted by Crippen LogP contribution is -2.36. The minimum absolute atomic E-state index is 0.0161. The molecule has 0 aliphatic heterocycles. The summed E-state index contributed by atoms with van der Waals surface area (Å²) in [4.78, 5) is 26.8. The molecule has 0 aliphatic carbocycles. The molecule has 0 saturated carbocycles. The zero-order chi connectivity index (χ0) is 53.8. The maximum Gasteiger partial charge on any atom is 0.453 e. The van der Waals surface area contributed by atoms with Gasteiger partial charge in [0.1, 0.15) is 0 Å². The molecule has 0 fully saturated rings. The van der Waals surface area contributed by atoms with E-state index >= 15 is 0 Å². The van der Waals surface area contributed by atoms with Gasteiger partial charge in [0.2, 0.25) is 17.5 Å². The number of rotatable bonds is 13. The van der Waals surface area contributed by atoms with Gasteiger partial charge >= 0.3 is 48.4 Å². The number of nitrogens with one attached hydrogen (secondary N) is 1. The molecule has 0 bridgehead atoms. The second kappa shape index (κ2) is 20.8. The molecule has 0 unspecified atom stereocenters. The van der Waals surface area contributed by atoms with Crippen LogP contribution in [0.4, 0.5) is 79.0 Å². The number of imidazole rings is 3. The lowest BCUT2D eigenvalue weighted by molar-refractivity contribution is -0.284. The summed E-state index contributed by atoms with van der Waals surface area (Å²) in [5.74, 6) is -12.6. The van der Waals surface area contributed by atoms with Gasteiger partial charge in [0.25, 0.3) is 0 Å². The first-order chi connectivity index (χ1) is 33.2. The van der Waals surface area contributed by atoms with E-state index in [0.29, 0.717) is 5.52 Å². The number of carbonyl (C=O) groups is 1. The van der Waals surface area contributed by atoms with E-state index in [2.05, 4.69) is 30.1 Å². The highest BCUT2D eigenvalue weighted by molar-refractivity contribution is 5.95. The molecule has 32 heteroatoms. The molecule has 0 aliphatic rings. The second-order valence-electron chi connectivity index (χ2n) is 14.9. The number of esters is 1. The van der Waals surface area contributed by atoms with E-state index in [1.165, 1.54) is 62.1 Å². The standard InChI is InChI=1S/C14H9F8N5.C14H13F5N2O2.C12H12F5N5/c15-12(16,14(20,21)22)5-4-7-8-3-1-2-6-27(8)10(23-7)9-24-11(26-25-9)13(17,18)19;1-2-23-12(22)11-20-9(10-5-3-4-8-21(10)11)6-7-13(15,16)14(17,18)19;13-11(14,12(15,16)17)5-4-7-8-3-1-2-6-22(8)10(20-7)9(18)21-19/h1-3,6H,4-5H2,(H,24,25,26);3-5,8H,2,6-7H2,1H3;1-3,6H,4-5,19H2,(H2,18,21). The SMILES string of the molecule is CCOC(=O)c1nc(CCC(F)(F)C(F)(F)F)c2ccccn12.FC(F)(F)c1nc(-c2nc(CCC(F)(F)C(F)(F)F)c3ccccn23)n[nH]1.N/N=C(\N)c1nc(CCC(F)(F)C(F)(F)F)c2ccccn12. The lowest BCUT2D eigenvalue weighted by Gasteiger charge is -2.18. The lowest BCUT2D eigenvalue weighted by atomic mass is 10.1. The van der Waals surface area contributed by atoms with E-state index in [-0.39, 0.29) is 58.0 Å². The Labute approximate surface area is 390 Å². The van der Waals surface area contributed by atoms with Gasteiger partial charge in [-0.2, -0.15) is 84.1 Å². The molecule has 0 atom stereocenters. The molecule has 0 spiro atoms. The molecule has 5 N–H and O–H groups in total. The molecule has 0 aromatic carbocycles. The maximum atomic E-state index is 13.2. The molecule has 14 nitrogen and oxygen atoms in total. The largest absolute Gasteiger partial charge is 0.460 e. The summed E-state index contributed by atoms with van der Waals surface area (Å²) >= 11 is 0. The Morgan fingerprint density at radius 1 is 0.583 bits per heavy atom. The van der Waals surface area contributed by atoms with Gasteiger partial charge in [-0.1, -0.05) is 18.2 Å². The van der Waals surface area contributed by atoms with Crippen molar-refractivity contribution in [3.05, 3.63) is 108 Å². The number of aromatic amines is 1. The van der Waals surface area contributed by atoms with Crippen LogP contribution in [0, 0.1) is 0 Å². The van der Waals surface area contributed by atoms with E-state index in [1.54, 1.807) is 36.3 Å². The van der Waals surface area contributed by atoms with Crippen molar-refractivity contribution in [2.45, 2.75) is 87.9 Å². The highest BCUT2D eigenvalue weighted by Gasteiger charge is 2.58. The van der Waals surface area contributed by atoms with Crippen molar-refractivity contribution in [2.75, 3.05) is 6.61 Å². The van der Waals surface area contributed by atoms with E-state index in [9.17, 15) is 83.8 Å². The zero-order valence-corrected chi connectivity index (χ0v) is 36.2. The normalized spacial score (nSPS) is 13.3. The van der Waals surface area contributed by atoms with Gasteiger partial charge in [-0.3, -0.25) is 18.3 Å². The number of halogens is 18. The molecular weight excluding hydrogens is 1020 g/mol. The fourth-order valence-electron chi connectivity index (χ4n) is 6.33. The van der Waals surface area contributed by atoms with Gasteiger partial charge in [0.15, 0.2) is 17.5 Å². The van der Waals surface area contributed by atoms with Crippen molar-refractivity contribution in [1.82, 2.24) is 43.3 Å². The summed E-state index contributed by atoms with van der Waals surface area (Å²) in [6.07, 6.45) is -23.7. The van der Waals surface area contributed by atoms with Gasteiger partial charge in [-0.25, -0.2) is 24.7 Å². The van der Waals surface area contributed by atoms with E-state index in [1.807, 2.05) is 0 Å². The molecule has 0 amide bonds. The van der Waals surface area contributed by atoms with Crippen LogP contribution in [0.3, 0.4) is 0 Å². The summed E-state index contributed by atoms with van der Waals surface area (Å²) < 4.78 is 235. The number of hydrogen-bond donors (Lipinski definition) is 3. The first kappa shape index (κ1) is 55.6. The summed E-state index contributed by atoms with van der Waals surface area (Å²) in [6, 6.07) is 13.7. The Balaban J connectivity index is 0.000000202.